The SMILES string of the molecule is CC(C)C[C@H](N)C(=O)O.COc1cccc(CC(=O)O)c1.Cc1cnco1.NC(N)=NCCC[C@H](N)C(=O)O. The minimum absolute atomic E-state index is 0.0129. The third kappa shape index (κ3) is 23.9. The van der Waals surface area contributed by atoms with E-state index in [1.165, 1.54) is 6.39 Å². The van der Waals surface area contributed by atoms with Crippen molar-refractivity contribution in [3.8, 4) is 5.75 Å². The Hall–Kier alpha value is -4.17. The Balaban J connectivity index is 0. The van der Waals surface area contributed by atoms with Gasteiger partial charge in [-0.1, -0.05) is 26.0 Å². The number of aliphatic imine (C=N–C) groups is 1. The van der Waals surface area contributed by atoms with Gasteiger partial charge in [-0.3, -0.25) is 19.4 Å². The number of aliphatic carboxylic acids is 3. The van der Waals surface area contributed by atoms with E-state index in [1.807, 2.05) is 20.8 Å². The van der Waals surface area contributed by atoms with E-state index < -0.39 is 30.0 Å². The molecule has 1 aromatic carbocycles. The molecule has 0 aliphatic carbocycles. The summed E-state index contributed by atoms with van der Waals surface area (Å²) in [4.78, 5) is 38.0. The second-order valence-corrected chi connectivity index (χ2v) is 8.50. The number of carboxylic acid groups (broad SMARTS) is 3. The van der Waals surface area contributed by atoms with Crippen LogP contribution in [0.4, 0.5) is 0 Å². The normalized spacial score (nSPS) is 11.2. The van der Waals surface area contributed by atoms with Crippen molar-refractivity contribution in [1.82, 2.24) is 4.98 Å². The van der Waals surface area contributed by atoms with Gasteiger partial charge in [0.15, 0.2) is 12.4 Å². The van der Waals surface area contributed by atoms with E-state index in [2.05, 4.69) is 9.98 Å². The zero-order chi connectivity index (χ0) is 30.4. The predicted octanol–water partition coefficient (Wildman–Crippen LogP) is 1.20. The van der Waals surface area contributed by atoms with Crippen molar-refractivity contribution in [1.29, 1.82) is 0 Å². The van der Waals surface area contributed by atoms with Crippen molar-refractivity contribution >= 4 is 23.9 Å². The van der Waals surface area contributed by atoms with Crippen LogP contribution < -0.4 is 27.7 Å². The van der Waals surface area contributed by atoms with Crippen molar-refractivity contribution < 1.29 is 38.9 Å². The highest BCUT2D eigenvalue weighted by Gasteiger charge is 2.12. The van der Waals surface area contributed by atoms with Gasteiger partial charge in [0, 0.05) is 6.54 Å². The maximum atomic E-state index is 10.3. The molecular weight excluding hydrogens is 512 g/mol. The van der Waals surface area contributed by atoms with Crippen LogP contribution in [0.5, 0.6) is 5.75 Å². The minimum Gasteiger partial charge on any atom is -0.497 e. The molecule has 14 nitrogen and oxygen atoms in total. The molecule has 14 heteroatoms. The molecule has 2 rings (SSSR count). The maximum absolute atomic E-state index is 10.3. The van der Waals surface area contributed by atoms with Gasteiger partial charge in [-0.25, -0.2) is 4.98 Å². The Labute approximate surface area is 228 Å². The molecule has 1 aromatic heterocycles. The second kappa shape index (κ2) is 21.9. The molecule has 0 unspecified atom stereocenters. The zero-order valence-corrected chi connectivity index (χ0v) is 22.8. The number of hydrogen-bond acceptors (Lipinski definition) is 9. The van der Waals surface area contributed by atoms with Crippen LogP contribution in [0.2, 0.25) is 0 Å². The van der Waals surface area contributed by atoms with Crippen LogP contribution >= 0.6 is 0 Å². The van der Waals surface area contributed by atoms with Crippen LogP contribution in [-0.2, 0) is 20.8 Å². The van der Waals surface area contributed by atoms with E-state index in [0.717, 1.165) is 11.3 Å². The summed E-state index contributed by atoms with van der Waals surface area (Å²) in [5.74, 6) is -0.828. The lowest BCUT2D eigenvalue weighted by Gasteiger charge is -2.07. The van der Waals surface area contributed by atoms with Gasteiger partial charge in [0.2, 0.25) is 0 Å². The van der Waals surface area contributed by atoms with Gasteiger partial charge in [0.25, 0.3) is 0 Å². The van der Waals surface area contributed by atoms with Gasteiger partial charge in [0.05, 0.1) is 19.7 Å². The van der Waals surface area contributed by atoms with Crippen molar-refractivity contribution in [2.75, 3.05) is 13.7 Å². The first-order valence-corrected chi connectivity index (χ1v) is 11.9. The number of oxazole rings is 1. The fourth-order valence-electron chi connectivity index (χ4n) is 2.49. The van der Waals surface area contributed by atoms with Crippen molar-refractivity contribution in [2.24, 2.45) is 33.8 Å². The van der Waals surface area contributed by atoms with E-state index in [1.54, 1.807) is 37.6 Å². The molecule has 0 spiro atoms. The molecule has 2 atom stereocenters. The fraction of sp³-hybridized carbons (Fsp3) is 0.480. The van der Waals surface area contributed by atoms with Crippen LogP contribution in [0.25, 0.3) is 0 Å². The molecule has 11 N–H and O–H groups in total. The summed E-state index contributed by atoms with van der Waals surface area (Å²) < 4.78 is 9.67. The van der Waals surface area contributed by atoms with E-state index >= 15 is 0 Å². The standard InChI is InChI=1S/C9H10O3.C6H14N4O2.C6H13NO2.C4H5NO/c1-12-8-4-2-3-7(5-8)6-9(10)11;7-4(5(11)12)2-1-3-10-6(8)9;1-4(2)3-5(7)6(8)9;1-4-2-5-3-6-4/h2-5H,6H2,1H3,(H,10,11);4H,1-3,7H2,(H,11,12)(H4,8,9,10);4-5H,3,7H2,1-2H3,(H,8,9);2-3H,1H3/t;4-;5-;/m.00./s1. The number of benzene rings is 1. The highest BCUT2D eigenvalue weighted by Crippen LogP contribution is 2.12. The molecular formula is C25H42N6O8. The number of carboxylic acids is 3. The summed E-state index contributed by atoms with van der Waals surface area (Å²) in [5, 5.41) is 25.2. The van der Waals surface area contributed by atoms with Gasteiger partial charge in [-0.05, 0) is 49.8 Å². The summed E-state index contributed by atoms with van der Waals surface area (Å²) in [6, 6.07) is 5.52. The molecule has 2 aromatic rings. The number of methoxy groups -OCH3 is 1. The molecule has 220 valence electrons. The first-order chi connectivity index (χ1) is 18.2. The van der Waals surface area contributed by atoms with Gasteiger partial charge >= 0.3 is 17.9 Å². The molecule has 1 heterocycles. The first-order valence-electron chi connectivity index (χ1n) is 11.9. The Kier molecular flexibility index (Phi) is 20.7. The first kappa shape index (κ1) is 37.0. The number of aryl methyl sites for hydroxylation is 1. The largest absolute Gasteiger partial charge is 0.497 e. The van der Waals surface area contributed by atoms with Crippen LogP contribution in [0, 0.1) is 12.8 Å². The number of aromatic nitrogens is 1. The average Bonchev–Trinajstić information content (AvgIpc) is 3.32. The average molecular weight is 555 g/mol. The Morgan fingerprint density at radius 1 is 1.08 bits per heavy atom. The lowest BCUT2D eigenvalue weighted by Crippen LogP contribution is -2.31. The Morgan fingerprint density at radius 2 is 1.69 bits per heavy atom. The summed E-state index contributed by atoms with van der Waals surface area (Å²) in [7, 11) is 1.56. The zero-order valence-electron chi connectivity index (χ0n) is 22.8. The number of rotatable bonds is 11. The quantitative estimate of drug-likeness (QED) is 0.117. The fourth-order valence-corrected chi connectivity index (χ4v) is 2.49. The summed E-state index contributed by atoms with van der Waals surface area (Å²) in [6.07, 6.45) is 4.62. The number of guanidine groups is 1. The highest BCUT2D eigenvalue weighted by molar-refractivity contribution is 5.75. The van der Waals surface area contributed by atoms with Gasteiger partial charge in [-0.15, -0.1) is 0 Å². The van der Waals surface area contributed by atoms with Gasteiger partial charge < -0.3 is 47.4 Å². The van der Waals surface area contributed by atoms with E-state index in [-0.39, 0.29) is 12.4 Å². The van der Waals surface area contributed by atoms with Gasteiger partial charge in [-0.2, -0.15) is 0 Å². The van der Waals surface area contributed by atoms with Crippen LogP contribution in [0.15, 0.2) is 46.3 Å². The molecule has 0 radical (unpaired) electrons. The van der Waals surface area contributed by atoms with Gasteiger partial charge in [0.1, 0.15) is 23.6 Å². The van der Waals surface area contributed by atoms with Crippen molar-refractivity contribution in [3.05, 3.63) is 48.2 Å². The van der Waals surface area contributed by atoms with Crippen LogP contribution in [0.3, 0.4) is 0 Å². The monoisotopic (exact) mass is 554 g/mol. The van der Waals surface area contributed by atoms with Crippen LogP contribution in [-0.4, -0.2) is 69.9 Å². The number of ether oxygens (including phenoxy) is 1. The summed E-state index contributed by atoms with van der Waals surface area (Å²) in [6.45, 7) is 6.17. The third-order valence-corrected chi connectivity index (χ3v) is 4.37. The summed E-state index contributed by atoms with van der Waals surface area (Å²) in [5.41, 5.74) is 21.3. The van der Waals surface area contributed by atoms with Crippen molar-refractivity contribution in [2.45, 2.75) is 58.5 Å². The molecule has 0 aliphatic heterocycles. The van der Waals surface area contributed by atoms with E-state index in [0.29, 0.717) is 37.5 Å². The maximum Gasteiger partial charge on any atom is 0.320 e. The Morgan fingerprint density at radius 3 is 2.05 bits per heavy atom. The van der Waals surface area contributed by atoms with E-state index in [4.69, 9.17) is 47.4 Å². The van der Waals surface area contributed by atoms with Crippen LogP contribution in [0.1, 0.15) is 44.4 Å². The second-order valence-electron chi connectivity index (χ2n) is 8.50. The summed E-state index contributed by atoms with van der Waals surface area (Å²) >= 11 is 0. The number of carbonyl (C=O) groups is 3. The lowest BCUT2D eigenvalue weighted by molar-refractivity contribution is -0.139. The Bertz CT molecular complexity index is 979. The molecule has 0 aliphatic rings. The molecule has 0 fully saturated rings. The third-order valence-electron chi connectivity index (χ3n) is 4.37. The number of nitrogens with two attached hydrogens (primary N) is 4. The molecule has 39 heavy (non-hydrogen) atoms. The molecule has 0 saturated heterocycles. The highest BCUT2D eigenvalue weighted by atomic mass is 16.5. The van der Waals surface area contributed by atoms with Crippen molar-refractivity contribution in [3.63, 3.8) is 0 Å². The predicted molar refractivity (Wildman–Crippen MR) is 146 cm³/mol. The molecule has 0 saturated carbocycles. The smallest absolute Gasteiger partial charge is 0.320 e. The lowest BCUT2D eigenvalue weighted by atomic mass is 10.1. The number of nitrogens with zero attached hydrogens (tertiary/aromatic N) is 2. The minimum atomic E-state index is -1.00. The number of hydrogen-bond donors (Lipinski definition) is 7. The molecule has 0 bridgehead atoms. The molecule has 0 amide bonds. The van der Waals surface area contributed by atoms with E-state index in [9.17, 15) is 14.4 Å². The topological polar surface area (TPSA) is 264 Å².